The Bertz CT molecular complexity index is 375. The van der Waals surface area contributed by atoms with Gasteiger partial charge in [0.15, 0.2) is 0 Å². The topological polar surface area (TPSA) is 46.4 Å². The van der Waals surface area contributed by atoms with Crippen molar-refractivity contribution in [2.45, 2.75) is 19.8 Å². The minimum atomic E-state index is -0.359. The van der Waals surface area contributed by atoms with E-state index in [1.165, 1.54) is 12.8 Å². The molecule has 0 aliphatic carbocycles. The number of non-ortho nitro benzene ring substituents is 1. The Balaban J connectivity index is 2.11. The molecule has 2 rings (SSSR count). The zero-order valence-electron chi connectivity index (χ0n) is 9.43. The van der Waals surface area contributed by atoms with Crippen LogP contribution in [0.1, 0.15) is 19.8 Å². The van der Waals surface area contributed by atoms with Gasteiger partial charge in [-0.15, -0.1) is 0 Å². The molecule has 1 atom stereocenters. The Morgan fingerprint density at radius 3 is 2.62 bits per heavy atom. The minimum absolute atomic E-state index is 0.161. The van der Waals surface area contributed by atoms with Crippen molar-refractivity contribution in [2.75, 3.05) is 18.0 Å². The second-order valence-electron chi connectivity index (χ2n) is 4.47. The minimum Gasteiger partial charge on any atom is -0.371 e. The summed E-state index contributed by atoms with van der Waals surface area (Å²) in [6, 6.07) is 6.84. The van der Waals surface area contributed by atoms with Crippen molar-refractivity contribution >= 4 is 11.4 Å². The summed E-state index contributed by atoms with van der Waals surface area (Å²) in [5.74, 6) is 0.712. The van der Waals surface area contributed by atoms with Crippen molar-refractivity contribution in [3.63, 3.8) is 0 Å². The van der Waals surface area contributed by atoms with E-state index in [1.807, 2.05) is 12.1 Å². The van der Waals surface area contributed by atoms with E-state index >= 15 is 0 Å². The molecule has 0 unspecified atom stereocenters. The van der Waals surface area contributed by atoms with Crippen LogP contribution in [0.5, 0.6) is 0 Å². The second kappa shape index (κ2) is 4.51. The third-order valence-electron chi connectivity index (χ3n) is 3.08. The molecule has 4 heteroatoms. The molecule has 86 valence electrons. The van der Waals surface area contributed by atoms with Gasteiger partial charge >= 0.3 is 0 Å². The van der Waals surface area contributed by atoms with Gasteiger partial charge in [0.25, 0.3) is 5.69 Å². The lowest BCUT2D eigenvalue weighted by Crippen LogP contribution is -2.34. The standard InChI is InChI=1S/C12H16N2O2/c1-10-3-2-8-13(9-10)11-4-6-12(7-5-11)14(15)16/h4-7,10H,2-3,8-9H2,1H3/t10-/m0/s1. The number of anilines is 1. The van der Waals surface area contributed by atoms with E-state index in [0.717, 1.165) is 18.8 Å². The fourth-order valence-electron chi connectivity index (χ4n) is 2.21. The van der Waals surface area contributed by atoms with Crippen LogP contribution in [-0.2, 0) is 0 Å². The first-order valence-electron chi connectivity index (χ1n) is 5.66. The van der Waals surface area contributed by atoms with Gasteiger partial charge < -0.3 is 4.90 Å². The maximum atomic E-state index is 10.5. The summed E-state index contributed by atoms with van der Waals surface area (Å²) in [6.45, 7) is 4.36. The van der Waals surface area contributed by atoms with Crippen LogP contribution in [-0.4, -0.2) is 18.0 Å². The summed E-state index contributed by atoms with van der Waals surface area (Å²) >= 11 is 0. The molecule has 1 heterocycles. The first-order chi connectivity index (χ1) is 7.66. The molecule has 1 saturated heterocycles. The lowest BCUT2D eigenvalue weighted by molar-refractivity contribution is -0.384. The van der Waals surface area contributed by atoms with Gasteiger partial charge in [0.05, 0.1) is 4.92 Å². The van der Waals surface area contributed by atoms with Crippen molar-refractivity contribution in [1.29, 1.82) is 0 Å². The average Bonchev–Trinajstić information content (AvgIpc) is 2.29. The highest BCUT2D eigenvalue weighted by molar-refractivity contribution is 5.51. The monoisotopic (exact) mass is 220 g/mol. The van der Waals surface area contributed by atoms with Crippen LogP contribution in [0.25, 0.3) is 0 Å². The molecule has 4 nitrogen and oxygen atoms in total. The van der Waals surface area contributed by atoms with E-state index in [1.54, 1.807) is 12.1 Å². The average molecular weight is 220 g/mol. The lowest BCUT2D eigenvalue weighted by Gasteiger charge is -2.32. The van der Waals surface area contributed by atoms with E-state index in [2.05, 4.69) is 11.8 Å². The van der Waals surface area contributed by atoms with E-state index in [0.29, 0.717) is 5.92 Å². The van der Waals surface area contributed by atoms with Crippen molar-refractivity contribution in [1.82, 2.24) is 0 Å². The van der Waals surface area contributed by atoms with Crippen LogP contribution in [0, 0.1) is 16.0 Å². The maximum Gasteiger partial charge on any atom is 0.269 e. The van der Waals surface area contributed by atoms with Gasteiger partial charge in [0, 0.05) is 30.9 Å². The van der Waals surface area contributed by atoms with Gasteiger partial charge in [0.2, 0.25) is 0 Å². The highest BCUT2D eigenvalue weighted by Crippen LogP contribution is 2.24. The summed E-state index contributed by atoms with van der Waals surface area (Å²) in [6.07, 6.45) is 2.49. The number of nitro benzene ring substituents is 1. The predicted octanol–water partition coefficient (Wildman–Crippen LogP) is 2.83. The number of nitrogens with zero attached hydrogens (tertiary/aromatic N) is 2. The van der Waals surface area contributed by atoms with Gasteiger partial charge in [-0.05, 0) is 30.9 Å². The molecule has 0 radical (unpaired) electrons. The summed E-state index contributed by atoms with van der Waals surface area (Å²) < 4.78 is 0. The molecular formula is C12H16N2O2. The van der Waals surface area contributed by atoms with E-state index in [4.69, 9.17) is 0 Å². The maximum absolute atomic E-state index is 10.5. The molecule has 1 aromatic carbocycles. The second-order valence-corrected chi connectivity index (χ2v) is 4.47. The third kappa shape index (κ3) is 2.32. The number of hydrogen-bond donors (Lipinski definition) is 0. The normalized spacial score (nSPS) is 20.8. The SMILES string of the molecule is C[C@H]1CCCN(c2ccc([N+](=O)[O-])cc2)C1. The van der Waals surface area contributed by atoms with E-state index < -0.39 is 0 Å². The molecule has 16 heavy (non-hydrogen) atoms. The number of nitro groups is 1. The fraction of sp³-hybridized carbons (Fsp3) is 0.500. The lowest BCUT2D eigenvalue weighted by atomic mass is 10.00. The molecule has 0 amide bonds. The van der Waals surface area contributed by atoms with Crippen LogP contribution in [0.4, 0.5) is 11.4 Å². The molecule has 0 N–H and O–H groups in total. The first kappa shape index (κ1) is 10.9. The van der Waals surface area contributed by atoms with Crippen molar-refractivity contribution in [3.8, 4) is 0 Å². The van der Waals surface area contributed by atoms with Gasteiger partial charge in [-0.2, -0.15) is 0 Å². The number of rotatable bonds is 2. The van der Waals surface area contributed by atoms with Crippen molar-refractivity contribution < 1.29 is 4.92 Å². The third-order valence-corrected chi connectivity index (χ3v) is 3.08. The Morgan fingerprint density at radius 1 is 1.38 bits per heavy atom. The predicted molar refractivity (Wildman–Crippen MR) is 63.7 cm³/mol. The molecule has 0 saturated carbocycles. The number of hydrogen-bond acceptors (Lipinski definition) is 3. The van der Waals surface area contributed by atoms with Crippen LogP contribution >= 0.6 is 0 Å². The van der Waals surface area contributed by atoms with Crippen LogP contribution in [0.15, 0.2) is 24.3 Å². The Labute approximate surface area is 95.0 Å². The Hall–Kier alpha value is -1.58. The van der Waals surface area contributed by atoms with Crippen molar-refractivity contribution in [3.05, 3.63) is 34.4 Å². The first-order valence-corrected chi connectivity index (χ1v) is 5.66. The van der Waals surface area contributed by atoms with Gasteiger partial charge in [-0.1, -0.05) is 6.92 Å². The number of piperidine rings is 1. The number of benzene rings is 1. The zero-order valence-corrected chi connectivity index (χ0v) is 9.43. The summed E-state index contributed by atoms with van der Waals surface area (Å²) in [4.78, 5) is 12.5. The summed E-state index contributed by atoms with van der Waals surface area (Å²) in [7, 11) is 0. The quantitative estimate of drug-likeness (QED) is 0.568. The molecule has 1 aromatic rings. The molecule has 1 aliphatic rings. The van der Waals surface area contributed by atoms with Crippen LogP contribution < -0.4 is 4.90 Å². The molecule has 1 fully saturated rings. The van der Waals surface area contributed by atoms with E-state index in [-0.39, 0.29) is 10.6 Å². The molecule has 1 aliphatic heterocycles. The highest BCUT2D eigenvalue weighted by atomic mass is 16.6. The zero-order chi connectivity index (χ0) is 11.5. The van der Waals surface area contributed by atoms with Crippen LogP contribution in [0.2, 0.25) is 0 Å². The van der Waals surface area contributed by atoms with Crippen molar-refractivity contribution in [2.24, 2.45) is 5.92 Å². The smallest absolute Gasteiger partial charge is 0.269 e. The summed E-state index contributed by atoms with van der Waals surface area (Å²) in [5, 5.41) is 10.5. The highest BCUT2D eigenvalue weighted by Gasteiger charge is 2.17. The molecule has 0 spiro atoms. The Morgan fingerprint density at radius 2 is 2.06 bits per heavy atom. The van der Waals surface area contributed by atoms with Gasteiger partial charge in [0.1, 0.15) is 0 Å². The molecule has 0 aromatic heterocycles. The van der Waals surface area contributed by atoms with Gasteiger partial charge in [-0.25, -0.2) is 0 Å². The summed E-state index contributed by atoms with van der Waals surface area (Å²) in [5.41, 5.74) is 1.26. The Kier molecular flexibility index (Phi) is 3.08. The molecule has 0 bridgehead atoms. The van der Waals surface area contributed by atoms with Crippen LogP contribution in [0.3, 0.4) is 0 Å². The largest absolute Gasteiger partial charge is 0.371 e. The fourth-order valence-corrected chi connectivity index (χ4v) is 2.21. The van der Waals surface area contributed by atoms with E-state index in [9.17, 15) is 10.1 Å². The van der Waals surface area contributed by atoms with Gasteiger partial charge in [-0.3, -0.25) is 10.1 Å². The molecular weight excluding hydrogens is 204 g/mol.